The number of hydrogen-bond donors (Lipinski definition) is 2. The van der Waals surface area contributed by atoms with Crippen molar-refractivity contribution < 1.29 is 4.79 Å². The lowest BCUT2D eigenvalue weighted by molar-refractivity contribution is -0.125. The summed E-state index contributed by atoms with van der Waals surface area (Å²) < 4.78 is 0. The summed E-state index contributed by atoms with van der Waals surface area (Å²) in [6.45, 7) is 8.36. The van der Waals surface area contributed by atoms with E-state index in [0.29, 0.717) is 0 Å². The summed E-state index contributed by atoms with van der Waals surface area (Å²) in [5.74, 6) is 0.471. The monoisotopic (exact) mass is 240 g/mol. The van der Waals surface area contributed by atoms with Crippen LogP contribution in [0.5, 0.6) is 0 Å². The number of carbonyl (C=O) groups is 1. The Morgan fingerprint density at radius 1 is 1.35 bits per heavy atom. The van der Waals surface area contributed by atoms with Crippen LogP contribution in [0.1, 0.15) is 59.3 Å². The fourth-order valence-electron chi connectivity index (χ4n) is 2.64. The van der Waals surface area contributed by atoms with E-state index in [4.69, 9.17) is 0 Å². The van der Waals surface area contributed by atoms with Crippen LogP contribution in [-0.2, 0) is 4.79 Å². The molecule has 100 valence electrons. The molecule has 1 aliphatic heterocycles. The van der Waals surface area contributed by atoms with Crippen molar-refractivity contribution in [3.8, 4) is 0 Å². The second-order valence-electron chi connectivity index (χ2n) is 5.58. The third-order valence-corrected chi connectivity index (χ3v) is 3.75. The molecule has 17 heavy (non-hydrogen) atoms. The van der Waals surface area contributed by atoms with Crippen molar-refractivity contribution in [2.24, 2.45) is 5.92 Å². The Balaban J connectivity index is 2.35. The molecule has 1 unspecified atom stereocenters. The summed E-state index contributed by atoms with van der Waals surface area (Å²) in [6.07, 6.45) is 6.61. The van der Waals surface area contributed by atoms with Crippen molar-refractivity contribution in [2.45, 2.75) is 64.8 Å². The first-order valence-corrected chi connectivity index (χ1v) is 7.14. The molecule has 1 aliphatic rings. The zero-order chi connectivity index (χ0) is 12.7. The average Bonchev–Trinajstić information content (AvgIpc) is 2.73. The predicted octanol–water partition coefficient (Wildman–Crippen LogP) is 2.46. The van der Waals surface area contributed by atoms with Crippen molar-refractivity contribution in [3.05, 3.63) is 0 Å². The number of rotatable bonds is 7. The standard InChI is InChI=1S/C14H28N2O/c1-4-7-12(8-5-2)13(17)15-11-14(3)9-6-10-16-14/h12,16H,4-11H2,1-3H3,(H,15,17). The van der Waals surface area contributed by atoms with Crippen LogP contribution >= 0.6 is 0 Å². The van der Waals surface area contributed by atoms with Gasteiger partial charge in [-0.2, -0.15) is 0 Å². The van der Waals surface area contributed by atoms with E-state index in [9.17, 15) is 4.79 Å². The zero-order valence-corrected chi connectivity index (χ0v) is 11.6. The highest BCUT2D eigenvalue weighted by Gasteiger charge is 2.29. The van der Waals surface area contributed by atoms with Gasteiger partial charge in [0, 0.05) is 18.0 Å². The molecule has 1 rings (SSSR count). The van der Waals surface area contributed by atoms with E-state index in [1.807, 2.05) is 0 Å². The van der Waals surface area contributed by atoms with Gasteiger partial charge in [0.05, 0.1) is 0 Å². The maximum Gasteiger partial charge on any atom is 0.223 e. The number of carbonyl (C=O) groups excluding carboxylic acids is 1. The van der Waals surface area contributed by atoms with Gasteiger partial charge in [0.2, 0.25) is 5.91 Å². The first-order chi connectivity index (χ1) is 8.11. The van der Waals surface area contributed by atoms with Crippen molar-refractivity contribution in [1.29, 1.82) is 0 Å². The van der Waals surface area contributed by atoms with Crippen molar-refractivity contribution >= 4 is 5.91 Å². The molecule has 0 aromatic heterocycles. The molecule has 1 atom stereocenters. The molecule has 2 N–H and O–H groups in total. The van der Waals surface area contributed by atoms with E-state index < -0.39 is 0 Å². The first-order valence-electron chi connectivity index (χ1n) is 7.14. The smallest absolute Gasteiger partial charge is 0.223 e. The van der Waals surface area contributed by atoms with Gasteiger partial charge in [0.25, 0.3) is 0 Å². The van der Waals surface area contributed by atoms with Gasteiger partial charge in [-0.25, -0.2) is 0 Å². The molecular weight excluding hydrogens is 212 g/mol. The Morgan fingerprint density at radius 3 is 2.47 bits per heavy atom. The van der Waals surface area contributed by atoms with Crippen LogP contribution in [0, 0.1) is 5.92 Å². The van der Waals surface area contributed by atoms with Crippen LogP contribution < -0.4 is 10.6 Å². The Bertz CT molecular complexity index is 228. The van der Waals surface area contributed by atoms with Gasteiger partial charge >= 0.3 is 0 Å². The summed E-state index contributed by atoms with van der Waals surface area (Å²) in [4.78, 5) is 12.1. The third-order valence-electron chi connectivity index (χ3n) is 3.75. The van der Waals surface area contributed by atoms with E-state index in [1.165, 1.54) is 12.8 Å². The molecule has 1 saturated heterocycles. The summed E-state index contributed by atoms with van der Waals surface area (Å²) >= 11 is 0. The van der Waals surface area contributed by atoms with E-state index in [0.717, 1.165) is 38.8 Å². The molecule has 0 aromatic rings. The molecule has 3 nitrogen and oxygen atoms in total. The van der Waals surface area contributed by atoms with Crippen LogP contribution in [-0.4, -0.2) is 24.5 Å². The molecular formula is C14H28N2O. The molecule has 1 amide bonds. The topological polar surface area (TPSA) is 41.1 Å². The minimum atomic E-state index is 0.124. The largest absolute Gasteiger partial charge is 0.354 e. The van der Waals surface area contributed by atoms with Gasteiger partial charge in [-0.1, -0.05) is 26.7 Å². The molecule has 0 saturated carbocycles. The minimum absolute atomic E-state index is 0.124. The van der Waals surface area contributed by atoms with Crippen molar-refractivity contribution in [2.75, 3.05) is 13.1 Å². The first kappa shape index (κ1) is 14.5. The van der Waals surface area contributed by atoms with Crippen molar-refractivity contribution in [3.63, 3.8) is 0 Å². The summed E-state index contributed by atoms with van der Waals surface area (Å²) in [7, 11) is 0. The third kappa shape index (κ3) is 4.66. The SMILES string of the molecule is CCCC(CCC)C(=O)NCC1(C)CCCN1. The number of hydrogen-bond acceptors (Lipinski definition) is 2. The lowest BCUT2D eigenvalue weighted by Gasteiger charge is -2.26. The highest BCUT2D eigenvalue weighted by Crippen LogP contribution is 2.18. The highest BCUT2D eigenvalue weighted by atomic mass is 16.1. The summed E-state index contributed by atoms with van der Waals surface area (Å²) in [5.41, 5.74) is 0.124. The zero-order valence-electron chi connectivity index (χ0n) is 11.6. The second kappa shape index (κ2) is 7.00. The van der Waals surface area contributed by atoms with Gasteiger partial charge in [-0.15, -0.1) is 0 Å². The van der Waals surface area contributed by atoms with Crippen molar-refractivity contribution in [1.82, 2.24) is 10.6 Å². The quantitative estimate of drug-likeness (QED) is 0.718. The van der Waals surface area contributed by atoms with Crippen LogP contribution in [0.25, 0.3) is 0 Å². The van der Waals surface area contributed by atoms with Gasteiger partial charge in [-0.3, -0.25) is 4.79 Å². The molecule has 3 heteroatoms. The molecule has 1 fully saturated rings. The highest BCUT2D eigenvalue weighted by molar-refractivity contribution is 5.78. The molecule has 0 spiro atoms. The minimum Gasteiger partial charge on any atom is -0.354 e. The number of nitrogens with one attached hydrogen (secondary N) is 2. The molecule has 0 aliphatic carbocycles. The van der Waals surface area contributed by atoms with Gasteiger partial charge < -0.3 is 10.6 Å². The molecule has 0 aromatic carbocycles. The maximum absolute atomic E-state index is 12.1. The summed E-state index contributed by atoms with van der Waals surface area (Å²) in [6, 6.07) is 0. The van der Waals surface area contributed by atoms with Gasteiger partial charge in [0.15, 0.2) is 0 Å². The molecule has 0 radical (unpaired) electrons. The maximum atomic E-state index is 12.1. The Morgan fingerprint density at radius 2 is 2.00 bits per heavy atom. The predicted molar refractivity (Wildman–Crippen MR) is 72.0 cm³/mol. The Kier molecular flexibility index (Phi) is 5.96. The Hall–Kier alpha value is -0.570. The summed E-state index contributed by atoms with van der Waals surface area (Å²) in [5, 5.41) is 6.61. The second-order valence-corrected chi connectivity index (χ2v) is 5.58. The van der Waals surface area contributed by atoms with Gasteiger partial charge in [0.1, 0.15) is 0 Å². The molecule has 1 heterocycles. The van der Waals surface area contributed by atoms with E-state index >= 15 is 0 Å². The fraction of sp³-hybridized carbons (Fsp3) is 0.929. The Labute approximate surface area is 106 Å². The van der Waals surface area contributed by atoms with E-state index in [-0.39, 0.29) is 17.4 Å². The van der Waals surface area contributed by atoms with E-state index in [2.05, 4.69) is 31.4 Å². The lowest BCUT2D eigenvalue weighted by atomic mass is 9.96. The van der Waals surface area contributed by atoms with Gasteiger partial charge in [-0.05, 0) is 39.2 Å². The average molecular weight is 240 g/mol. The van der Waals surface area contributed by atoms with Crippen LogP contribution in [0.15, 0.2) is 0 Å². The van der Waals surface area contributed by atoms with E-state index in [1.54, 1.807) is 0 Å². The number of amides is 1. The van der Waals surface area contributed by atoms with Crippen LogP contribution in [0.2, 0.25) is 0 Å². The van der Waals surface area contributed by atoms with Crippen LogP contribution in [0.4, 0.5) is 0 Å². The van der Waals surface area contributed by atoms with Crippen LogP contribution in [0.3, 0.4) is 0 Å². The fourth-order valence-corrected chi connectivity index (χ4v) is 2.64. The normalized spacial score (nSPS) is 24.2. The molecule has 0 bridgehead atoms. The lowest BCUT2D eigenvalue weighted by Crippen LogP contribution is -2.48.